The maximum atomic E-state index is 11.7. The predicted molar refractivity (Wildman–Crippen MR) is 68.7 cm³/mol. The second-order valence-electron chi connectivity index (χ2n) is 4.61. The number of rotatable bonds is 3. The van der Waals surface area contributed by atoms with E-state index in [0.717, 1.165) is 16.9 Å². The lowest BCUT2D eigenvalue weighted by atomic mass is 10.3. The first-order valence-electron chi connectivity index (χ1n) is 5.86. The number of nitrogens with zero attached hydrogens (tertiary/aromatic N) is 1. The second kappa shape index (κ2) is 4.11. The largest absolute Gasteiger partial charge is 0.349 e. The van der Waals surface area contributed by atoms with Gasteiger partial charge in [-0.3, -0.25) is 4.79 Å². The molecule has 3 rings (SSSR count). The minimum absolute atomic E-state index is 0.178. The Morgan fingerprint density at radius 1 is 1.53 bits per heavy atom. The van der Waals surface area contributed by atoms with Crippen LogP contribution in [-0.2, 0) is 11.3 Å². The van der Waals surface area contributed by atoms with Gasteiger partial charge in [-0.2, -0.15) is 0 Å². The molecule has 0 unspecified atom stereocenters. The van der Waals surface area contributed by atoms with Gasteiger partial charge in [0, 0.05) is 5.92 Å². The molecule has 1 saturated carbocycles. The summed E-state index contributed by atoms with van der Waals surface area (Å²) >= 11 is 1.65. The molecule has 0 saturated heterocycles. The highest BCUT2D eigenvalue weighted by molar-refractivity contribution is 7.18. The molecule has 1 aromatic carbocycles. The third-order valence-corrected chi connectivity index (χ3v) is 4.23. The third kappa shape index (κ3) is 2.17. The van der Waals surface area contributed by atoms with Crippen molar-refractivity contribution in [1.29, 1.82) is 0 Å². The van der Waals surface area contributed by atoms with Crippen LogP contribution in [0, 0.1) is 11.8 Å². The number of carbonyl (C=O) groups excluding carboxylic acids is 1. The van der Waals surface area contributed by atoms with Gasteiger partial charge in [-0.1, -0.05) is 19.1 Å². The van der Waals surface area contributed by atoms with Gasteiger partial charge in [0.25, 0.3) is 0 Å². The molecule has 1 fully saturated rings. The first-order chi connectivity index (χ1) is 8.24. The van der Waals surface area contributed by atoms with Gasteiger partial charge in [0.2, 0.25) is 5.91 Å². The molecule has 0 bridgehead atoms. The van der Waals surface area contributed by atoms with Gasteiger partial charge >= 0.3 is 0 Å². The number of fused-ring (bicyclic) bond motifs is 1. The summed E-state index contributed by atoms with van der Waals surface area (Å²) < 4.78 is 1.18. The molecule has 2 atom stereocenters. The van der Waals surface area contributed by atoms with Crippen molar-refractivity contribution in [3.05, 3.63) is 29.3 Å². The van der Waals surface area contributed by atoms with Crippen molar-refractivity contribution in [2.45, 2.75) is 19.9 Å². The van der Waals surface area contributed by atoms with Gasteiger partial charge in [-0.25, -0.2) is 4.98 Å². The first kappa shape index (κ1) is 10.7. The van der Waals surface area contributed by atoms with Gasteiger partial charge in [0.05, 0.1) is 16.8 Å². The summed E-state index contributed by atoms with van der Waals surface area (Å²) in [6.07, 6.45) is 1.03. The average molecular weight is 246 g/mol. The smallest absolute Gasteiger partial charge is 0.223 e. The normalized spacial score (nSPS) is 22.6. The molecule has 1 aliphatic carbocycles. The van der Waals surface area contributed by atoms with Crippen LogP contribution in [-0.4, -0.2) is 10.9 Å². The number of amides is 1. The summed E-state index contributed by atoms with van der Waals surface area (Å²) in [5, 5.41) is 3.94. The van der Waals surface area contributed by atoms with Crippen molar-refractivity contribution in [3.63, 3.8) is 0 Å². The summed E-state index contributed by atoms with van der Waals surface area (Å²) in [5.41, 5.74) is 1.02. The molecule has 1 heterocycles. The molecule has 1 amide bonds. The Bertz CT molecular complexity index is 530. The highest BCUT2D eigenvalue weighted by Gasteiger charge is 2.38. The topological polar surface area (TPSA) is 42.0 Å². The van der Waals surface area contributed by atoms with Crippen LogP contribution in [0.1, 0.15) is 18.4 Å². The van der Waals surface area contributed by atoms with Crippen molar-refractivity contribution >= 4 is 27.5 Å². The number of nitrogens with one attached hydrogen (secondary N) is 1. The summed E-state index contributed by atoms with van der Waals surface area (Å²) in [5.74, 6) is 0.978. The van der Waals surface area contributed by atoms with Crippen molar-refractivity contribution in [2.24, 2.45) is 11.8 Å². The lowest BCUT2D eigenvalue weighted by Crippen LogP contribution is -2.24. The van der Waals surface area contributed by atoms with Gasteiger partial charge in [0.15, 0.2) is 0 Å². The molecule has 1 aromatic heterocycles. The Labute approximate surface area is 104 Å². The molecule has 4 heteroatoms. The SMILES string of the molecule is C[C@H]1C[C@@H]1C(=O)NCc1nc2ccccc2s1. The van der Waals surface area contributed by atoms with Gasteiger partial charge < -0.3 is 5.32 Å². The Morgan fingerprint density at radius 2 is 2.29 bits per heavy atom. The van der Waals surface area contributed by atoms with Crippen LogP contribution >= 0.6 is 11.3 Å². The fourth-order valence-electron chi connectivity index (χ4n) is 1.98. The molecule has 3 nitrogen and oxygen atoms in total. The zero-order valence-electron chi connectivity index (χ0n) is 9.64. The number of hydrogen-bond acceptors (Lipinski definition) is 3. The zero-order chi connectivity index (χ0) is 11.8. The molecule has 1 N–H and O–H groups in total. The molecule has 0 spiro atoms. The van der Waals surface area contributed by atoms with Crippen LogP contribution < -0.4 is 5.32 Å². The maximum Gasteiger partial charge on any atom is 0.223 e. The molecular formula is C13H14N2OS. The van der Waals surface area contributed by atoms with Crippen LogP contribution in [0.2, 0.25) is 0 Å². The third-order valence-electron chi connectivity index (χ3n) is 3.20. The average Bonchev–Trinajstić information content (AvgIpc) is 2.92. The van der Waals surface area contributed by atoms with E-state index in [1.807, 2.05) is 18.2 Å². The van der Waals surface area contributed by atoms with E-state index in [4.69, 9.17) is 0 Å². The minimum atomic E-state index is 0.178. The highest BCUT2D eigenvalue weighted by Crippen LogP contribution is 2.37. The minimum Gasteiger partial charge on any atom is -0.349 e. The zero-order valence-corrected chi connectivity index (χ0v) is 10.5. The van der Waals surface area contributed by atoms with Gasteiger partial charge in [-0.05, 0) is 24.5 Å². The number of para-hydroxylation sites is 1. The fourth-order valence-corrected chi connectivity index (χ4v) is 2.88. The number of hydrogen-bond donors (Lipinski definition) is 1. The monoisotopic (exact) mass is 246 g/mol. The van der Waals surface area contributed by atoms with Crippen LogP contribution in [0.25, 0.3) is 10.2 Å². The van der Waals surface area contributed by atoms with Crippen molar-refractivity contribution < 1.29 is 4.79 Å². The van der Waals surface area contributed by atoms with Gasteiger partial charge in [-0.15, -0.1) is 11.3 Å². The van der Waals surface area contributed by atoms with E-state index in [9.17, 15) is 4.79 Å². The summed E-state index contributed by atoms with van der Waals surface area (Å²) in [4.78, 5) is 16.2. The lowest BCUT2D eigenvalue weighted by Gasteiger charge is -2.00. The highest BCUT2D eigenvalue weighted by atomic mass is 32.1. The summed E-state index contributed by atoms with van der Waals surface area (Å²) in [6.45, 7) is 2.67. The van der Waals surface area contributed by atoms with Crippen LogP contribution in [0.4, 0.5) is 0 Å². The molecule has 88 valence electrons. The number of aromatic nitrogens is 1. The Hall–Kier alpha value is -1.42. The molecular weight excluding hydrogens is 232 g/mol. The number of thiazole rings is 1. The maximum absolute atomic E-state index is 11.7. The van der Waals surface area contributed by atoms with Gasteiger partial charge in [0.1, 0.15) is 5.01 Å². The fraction of sp³-hybridized carbons (Fsp3) is 0.385. The van der Waals surface area contributed by atoms with Crippen molar-refractivity contribution in [1.82, 2.24) is 10.3 Å². The Balaban J connectivity index is 1.66. The molecule has 17 heavy (non-hydrogen) atoms. The van der Waals surface area contributed by atoms with Crippen LogP contribution in [0.15, 0.2) is 24.3 Å². The molecule has 2 aromatic rings. The van der Waals surface area contributed by atoms with Crippen LogP contribution in [0.3, 0.4) is 0 Å². The van der Waals surface area contributed by atoms with E-state index < -0.39 is 0 Å². The van der Waals surface area contributed by atoms with E-state index in [-0.39, 0.29) is 11.8 Å². The lowest BCUT2D eigenvalue weighted by molar-refractivity contribution is -0.122. The van der Waals surface area contributed by atoms with Crippen LogP contribution in [0.5, 0.6) is 0 Å². The first-order valence-corrected chi connectivity index (χ1v) is 6.68. The second-order valence-corrected chi connectivity index (χ2v) is 5.73. The summed E-state index contributed by atoms with van der Waals surface area (Å²) in [7, 11) is 0. The summed E-state index contributed by atoms with van der Waals surface area (Å²) in [6, 6.07) is 8.05. The van der Waals surface area contributed by atoms with E-state index in [1.165, 1.54) is 4.70 Å². The van der Waals surface area contributed by atoms with E-state index in [0.29, 0.717) is 12.5 Å². The van der Waals surface area contributed by atoms with E-state index >= 15 is 0 Å². The van der Waals surface area contributed by atoms with Crippen molar-refractivity contribution in [2.75, 3.05) is 0 Å². The van der Waals surface area contributed by atoms with E-state index in [1.54, 1.807) is 11.3 Å². The Kier molecular flexibility index (Phi) is 2.59. The standard InChI is InChI=1S/C13H14N2OS/c1-8-6-9(8)13(16)14-7-12-15-10-4-2-3-5-11(10)17-12/h2-5,8-9H,6-7H2,1H3,(H,14,16)/t8-,9-/m0/s1. The quantitative estimate of drug-likeness (QED) is 0.904. The number of carbonyl (C=O) groups is 1. The Morgan fingerprint density at radius 3 is 3.00 bits per heavy atom. The number of benzene rings is 1. The van der Waals surface area contributed by atoms with E-state index in [2.05, 4.69) is 23.3 Å². The molecule has 0 aliphatic heterocycles. The van der Waals surface area contributed by atoms with Crippen molar-refractivity contribution in [3.8, 4) is 0 Å². The molecule has 1 aliphatic rings. The predicted octanol–water partition coefficient (Wildman–Crippen LogP) is 2.57. The molecule has 0 radical (unpaired) electrons.